The maximum absolute atomic E-state index is 15.1. The van der Waals surface area contributed by atoms with Crippen LogP contribution in [0.2, 0.25) is 6.32 Å². The van der Waals surface area contributed by atoms with Gasteiger partial charge >= 0.3 is 0 Å². The Labute approximate surface area is 207 Å². The molecule has 0 heterocycles. The van der Waals surface area contributed by atoms with Crippen LogP contribution in [0, 0.1) is 87.3 Å². The molecule has 0 unspecified atom stereocenters. The van der Waals surface area contributed by atoms with Crippen LogP contribution in [0.5, 0.6) is 0 Å². The van der Waals surface area contributed by atoms with Crippen LogP contribution in [0.25, 0.3) is 0 Å². The molecule has 39 heavy (non-hydrogen) atoms. The summed E-state index contributed by atoms with van der Waals surface area (Å²) in [7, 11) is 0. The molecular formula is C22H9BF15O-. The van der Waals surface area contributed by atoms with Crippen molar-refractivity contribution < 1.29 is 71.0 Å². The van der Waals surface area contributed by atoms with E-state index >= 15 is 26.3 Å². The van der Waals surface area contributed by atoms with E-state index in [4.69, 9.17) is 5.11 Å². The lowest BCUT2D eigenvalue weighted by Crippen LogP contribution is -2.73. The van der Waals surface area contributed by atoms with Crippen molar-refractivity contribution in [3.8, 4) is 0 Å². The number of aliphatic hydroxyl groups is 1. The zero-order valence-electron chi connectivity index (χ0n) is 18.5. The van der Waals surface area contributed by atoms with Gasteiger partial charge in [0.2, 0.25) is 0 Å². The molecule has 0 spiro atoms. The minimum absolute atomic E-state index is 0.691. The topological polar surface area (TPSA) is 20.2 Å². The van der Waals surface area contributed by atoms with Crippen molar-refractivity contribution in [1.29, 1.82) is 0 Å². The van der Waals surface area contributed by atoms with Gasteiger partial charge in [-0.1, -0.05) is 6.42 Å². The zero-order valence-corrected chi connectivity index (χ0v) is 18.5. The molecule has 1 N–H and O–H groups in total. The van der Waals surface area contributed by atoms with E-state index in [2.05, 4.69) is 0 Å². The molecule has 1 nitrogen and oxygen atoms in total. The lowest BCUT2D eigenvalue weighted by atomic mass is 9.13. The second-order valence-corrected chi connectivity index (χ2v) is 8.22. The second-order valence-electron chi connectivity index (χ2n) is 8.22. The molecule has 0 aromatic heterocycles. The lowest BCUT2D eigenvalue weighted by Gasteiger charge is -2.44. The van der Waals surface area contributed by atoms with Crippen LogP contribution in [-0.4, -0.2) is 17.9 Å². The van der Waals surface area contributed by atoms with E-state index in [-0.39, 0.29) is 0 Å². The van der Waals surface area contributed by atoms with Crippen LogP contribution in [0.1, 0.15) is 12.8 Å². The quantitative estimate of drug-likeness (QED) is 0.136. The maximum atomic E-state index is 15.1. The van der Waals surface area contributed by atoms with Gasteiger partial charge < -0.3 is 5.11 Å². The molecule has 3 aromatic rings. The third kappa shape index (κ3) is 4.30. The van der Waals surface area contributed by atoms with Gasteiger partial charge in [0.05, 0.1) is 0 Å². The van der Waals surface area contributed by atoms with Crippen LogP contribution < -0.4 is 16.4 Å². The first-order valence-corrected chi connectivity index (χ1v) is 10.4. The molecule has 0 atom stereocenters. The molecule has 0 aliphatic rings. The molecule has 0 amide bonds. The summed E-state index contributed by atoms with van der Waals surface area (Å²) >= 11 is 0. The van der Waals surface area contributed by atoms with Gasteiger partial charge in [0.1, 0.15) is 41.0 Å². The molecule has 0 radical (unpaired) electrons. The van der Waals surface area contributed by atoms with Gasteiger partial charge in [0.15, 0.2) is 52.4 Å². The molecule has 0 fully saturated rings. The summed E-state index contributed by atoms with van der Waals surface area (Å²) in [6, 6.07) is 0. The highest BCUT2D eigenvalue weighted by Crippen LogP contribution is 2.30. The largest absolute Gasteiger partial charge is 0.396 e. The van der Waals surface area contributed by atoms with Gasteiger partial charge in [0, 0.05) is 6.61 Å². The third-order valence-corrected chi connectivity index (χ3v) is 6.25. The summed E-state index contributed by atoms with van der Waals surface area (Å²) in [4.78, 5) is 0. The summed E-state index contributed by atoms with van der Waals surface area (Å²) in [6.07, 6.45) is -9.01. The van der Waals surface area contributed by atoms with Crippen LogP contribution >= 0.6 is 0 Å². The molecule has 212 valence electrons. The highest BCUT2D eigenvalue weighted by Gasteiger charge is 2.47. The summed E-state index contributed by atoms with van der Waals surface area (Å²) in [6.45, 7) is -0.947. The van der Waals surface area contributed by atoms with E-state index in [1.165, 1.54) is 0 Å². The fourth-order valence-corrected chi connectivity index (χ4v) is 4.59. The molecule has 0 saturated heterocycles. The molecular weight excluding hydrogens is 576 g/mol. The SMILES string of the molecule is OCCCC[B-](c1c(F)c(F)c(F)c(F)c1F)(c1c(F)c(F)c(F)c(F)c1F)c1c(F)c(F)c(F)c(F)c1F. The summed E-state index contributed by atoms with van der Waals surface area (Å²) in [5.41, 5.74) is -7.93. The van der Waals surface area contributed by atoms with E-state index in [9.17, 15) is 39.5 Å². The first kappa shape index (κ1) is 30.2. The van der Waals surface area contributed by atoms with Gasteiger partial charge in [-0.3, -0.25) is 0 Å². The molecule has 0 aliphatic heterocycles. The number of aliphatic hydroxyl groups excluding tert-OH is 1. The maximum Gasteiger partial charge on any atom is 0.200 e. The third-order valence-electron chi connectivity index (χ3n) is 6.25. The average Bonchev–Trinajstić information content (AvgIpc) is 2.90. The minimum Gasteiger partial charge on any atom is -0.396 e. The number of rotatable bonds is 7. The first-order chi connectivity index (χ1) is 18.1. The van der Waals surface area contributed by atoms with Gasteiger partial charge in [-0.25, -0.2) is 65.9 Å². The summed E-state index contributed by atoms with van der Waals surface area (Å²) < 4.78 is 217. The van der Waals surface area contributed by atoms with E-state index in [1.807, 2.05) is 0 Å². The Morgan fingerprint density at radius 3 is 0.744 bits per heavy atom. The van der Waals surface area contributed by atoms with Crippen molar-refractivity contribution in [2.45, 2.75) is 19.2 Å². The van der Waals surface area contributed by atoms with E-state index in [0.717, 1.165) is 0 Å². The lowest BCUT2D eigenvalue weighted by molar-refractivity contribution is 0.287. The molecule has 3 rings (SSSR count). The minimum atomic E-state index is -5.53. The Morgan fingerprint density at radius 2 is 0.538 bits per heavy atom. The van der Waals surface area contributed by atoms with Crippen molar-refractivity contribution in [2.24, 2.45) is 0 Å². The van der Waals surface area contributed by atoms with Gasteiger partial charge in [0.25, 0.3) is 0 Å². The van der Waals surface area contributed by atoms with Crippen LogP contribution in [0.4, 0.5) is 65.9 Å². The van der Waals surface area contributed by atoms with Gasteiger partial charge in [-0.2, -0.15) is 6.32 Å². The van der Waals surface area contributed by atoms with Crippen LogP contribution in [0.15, 0.2) is 0 Å². The van der Waals surface area contributed by atoms with E-state index in [0.29, 0.717) is 0 Å². The highest BCUT2D eigenvalue weighted by molar-refractivity contribution is 7.11. The molecule has 0 bridgehead atoms. The predicted octanol–water partition coefficient (Wildman–Crippen LogP) is 5.02. The van der Waals surface area contributed by atoms with Crippen molar-refractivity contribution >= 4 is 22.5 Å². The monoisotopic (exact) mass is 585 g/mol. The van der Waals surface area contributed by atoms with Gasteiger partial charge in [-0.05, 0) is 6.42 Å². The Balaban J connectivity index is 2.84. The van der Waals surface area contributed by atoms with E-state index in [1.54, 1.807) is 0 Å². The van der Waals surface area contributed by atoms with Crippen molar-refractivity contribution in [1.82, 2.24) is 0 Å². The average molecular weight is 585 g/mol. The Bertz CT molecular complexity index is 1230. The smallest absolute Gasteiger partial charge is 0.200 e. The fourth-order valence-electron chi connectivity index (χ4n) is 4.59. The molecule has 0 saturated carbocycles. The molecule has 3 aromatic carbocycles. The number of halogens is 15. The Hall–Kier alpha value is -3.37. The van der Waals surface area contributed by atoms with Crippen molar-refractivity contribution in [2.75, 3.05) is 6.61 Å². The number of hydrogen-bond donors (Lipinski definition) is 1. The standard InChI is InChI=1S/C22H9BF15O/c24-8-5(9(25)15(31)20(36)14(8)30)23(3-1-2-4-39,6-10(26)16(32)21(37)17(33)11(6)27)7-12(28)18(34)22(38)19(35)13(7)29/h39H,1-4H2/q-1. The van der Waals surface area contributed by atoms with Crippen molar-refractivity contribution in [3.63, 3.8) is 0 Å². The predicted molar refractivity (Wildman–Crippen MR) is 104 cm³/mol. The Morgan fingerprint density at radius 1 is 0.333 bits per heavy atom. The molecule has 0 aliphatic carbocycles. The summed E-state index contributed by atoms with van der Waals surface area (Å²) in [5, 5.41) is 9.03. The van der Waals surface area contributed by atoms with Crippen LogP contribution in [-0.2, 0) is 0 Å². The normalized spacial score (nSPS) is 12.0. The summed E-state index contributed by atoms with van der Waals surface area (Å²) in [5.74, 6) is -45.4. The van der Waals surface area contributed by atoms with E-state index < -0.39 is 136 Å². The Kier molecular flexibility index (Phi) is 8.25. The highest BCUT2D eigenvalue weighted by atomic mass is 19.2. The number of unbranched alkanes of at least 4 members (excludes halogenated alkanes) is 1. The fraction of sp³-hybridized carbons (Fsp3) is 0.182. The van der Waals surface area contributed by atoms with Crippen LogP contribution in [0.3, 0.4) is 0 Å². The first-order valence-electron chi connectivity index (χ1n) is 10.4. The van der Waals surface area contributed by atoms with Gasteiger partial charge in [-0.15, -0.1) is 16.4 Å². The number of benzene rings is 3. The molecule has 17 heteroatoms. The van der Waals surface area contributed by atoms with Crippen molar-refractivity contribution in [3.05, 3.63) is 87.3 Å². The number of hydrogen-bond acceptors (Lipinski definition) is 1. The second kappa shape index (κ2) is 10.7. The zero-order chi connectivity index (χ0) is 29.7.